The molecule has 0 spiro atoms. The Balaban J connectivity index is 1.70. The van der Waals surface area contributed by atoms with Gasteiger partial charge in [-0.1, -0.05) is 30.3 Å². The molecule has 25 heavy (non-hydrogen) atoms. The fourth-order valence-electron chi connectivity index (χ4n) is 3.11. The molecule has 5 nitrogen and oxygen atoms in total. The van der Waals surface area contributed by atoms with E-state index in [1.54, 1.807) is 12.1 Å². The minimum atomic E-state index is -0.454. The number of hydrogen-bond acceptors (Lipinski definition) is 4. The summed E-state index contributed by atoms with van der Waals surface area (Å²) in [4.78, 5) is 14.4. The molecule has 1 heterocycles. The Morgan fingerprint density at radius 2 is 2.16 bits per heavy atom. The van der Waals surface area contributed by atoms with Crippen LogP contribution in [-0.2, 0) is 4.74 Å². The molecule has 2 aromatic carbocycles. The summed E-state index contributed by atoms with van der Waals surface area (Å²) in [6.45, 7) is 1.45. The van der Waals surface area contributed by atoms with Crippen LogP contribution in [0.25, 0.3) is 11.1 Å². The number of likely N-dealkylation sites (tertiary alicyclic amines) is 1. The lowest BCUT2D eigenvalue weighted by Crippen LogP contribution is -2.31. The lowest BCUT2D eigenvalue weighted by Gasteiger charge is -2.19. The normalized spacial score (nSPS) is 17.0. The molecule has 0 radical (unpaired) electrons. The number of ether oxygens (including phenoxy) is 1. The van der Waals surface area contributed by atoms with Gasteiger partial charge < -0.3 is 9.64 Å². The zero-order valence-corrected chi connectivity index (χ0v) is 14.2. The maximum absolute atomic E-state index is 12.2. The average Bonchev–Trinajstić information content (AvgIpc) is 3.05. The number of hydrogen-bond donors (Lipinski definition) is 1. The van der Waals surface area contributed by atoms with Gasteiger partial charge in [0.2, 0.25) is 0 Å². The van der Waals surface area contributed by atoms with Gasteiger partial charge in [-0.05, 0) is 50.2 Å². The van der Waals surface area contributed by atoms with E-state index in [1.165, 1.54) is 0 Å². The molecule has 128 valence electrons. The van der Waals surface area contributed by atoms with Crippen LogP contribution in [0.3, 0.4) is 0 Å². The van der Waals surface area contributed by atoms with Crippen molar-refractivity contribution in [1.82, 2.24) is 4.90 Å². The van der Waals surface area contributed by atoms with Crippen molar-refractivity contribution >= 4 is 11.8 Å². The molecule has 0 bridgehead atoms. The molecule has 5 heteroatoms. The minimum absolute atomic E-state index is 0.299. The second-order valence-electron chi connectivity index (χ2n) is 6.24. The van der Waals surface area contributed by atoms with Crippen molar-refractivity contribution in [2.45, 2.75) is 18.9 Å². The first-order chi connectivity index (χ1) is 12.2. The van der Waals surface area contributed by atoms with Crippen LogP contribution in [0.5, 0.6) is 0 Å². The summed E-state index contributed by atoms with van der Waals surface area (Å²) in [7, 11) is 2.05. The van der Waals surface area contributed by atoms with Gasteiger partial charge in [-0.15, -0.1) is 0 Å². The van der Waals surface area contributed by atoms with Crippen molar-refractivity contribution in [3.8, 4) is 17.2 Å². The number of benzene rings is 2. The van der Waals surface area contributed by atoms with E-state index in [0.29, 0.717) is 23.9 Å². The first-order valence-corrected chi connectivity index (χ1v) is 8.41. The fraction of sp³-hybridized carbons (Fsp3) is 0.300. The molecule has 3 rings (SSSR count). The summed E-state index contributed by atoms with van der Waals surface area (Å²) in [5.74, 6) is 0. The van der Waals surface area contributed by atoms with Gasteiger partial charge in [-0.3, -0.25) is 5.32 Å². The predicted molar refractivity (Wildman–Crippen MR) is 97.2 cm³/mol. The summed E-state index contributed by atoms with van der Waals surface area (Å²) in [6, 6.07) is 17.3. The predicted octanol–water partition coefficient (Wildman–Crippen LogP) is 3.87. The summed E-state index contributed by atoms with van der Waals surface area (Å²) in [6.07, 6.45) is 1.75. The number of rotatable bonds is 4. The lowest BCUT2D eigenvalue weighted by atomic mass is 10.0. The minimum Gasteiger partial charge on any atom is -0.448 e. The van der Waals surface area contributed by atoms with Crippen molar-refractivity contribution in [3.63, 3.8) is 0 Å². The van der Waals surface area contributed by atoms with Crippen molar-refractivity contribution in [3.05, 3.63) is 54.1 Å². The maximum Gasteiger partial charge on any atom is 0.411 e. The molecule has 1 fully saturated rings. The Labute approximate surface area is 147 Å². The van der Waals surface area contributed by atoms with Gasteiger partial charge in [0.25, 0.3) is 0 Å². The van der Waals surface area contributed by atoms with Gasteiger partial charge in [0.1, 0.15) is 6.61 Å². The Morgan fingerprint density at radius 1 is 1.32 bits per heavy atom. The Bertz CT molecular complexity index is 798. The molecule has 1 aliphatic rings. The number of amides is 1. The van der Waals surface area contributed by atoms with E-state index in [9.17, 15) is 4.79 Å². The fourth-order valence-corrected chi connectivity index (χ4v) is 3.11. The standard InChI is InChI=1S/C20H21N3O2/c1-23-11-5-8-17(23)14-25-20(24)22-19-10-3-2-9-18(19)16-7-4-6-15(12-16)13-21/h2-4,6-7,9-10,12,17H,5,8,11,14H2,1H3,(H,22,24)/t17-/m0/s1. The van der Waals surface area contributed by atoms with Crippen LogP contribution >= 0.6 is 0 Å². The topological polar surface area (TPSA) is 65.4 Å². The molecule has 1 aliphatic heterocycles. The third-order valence-corrected chi connectivity index (χ3v) is 4.54. The van der Waals surface area contributed by atoms with E-state index in [2.05, 4.69) is 23.3 Å². The molecule has 2 aromatic rings. The van der Waals surface area contributed by atoms with Crippen molar-refractivity contribution in [2.24, 2.45) is 0 Å². The number of nitrogens with zero attached hydrogens (tertiary/aromatic N) is 2. The van der Waals surface area contributed by atoms with E-state index >= 15 is 0 Å². The van der Waals surface area contributed by atoms with E-state index in [0.717, 1.165) is 30.5 Å². The number of para-hydroxylation sites is 1. The number of likely N-dealkylation sites (N-methyl/N-ethyl adjacent to an activating group) is 1. The summed E-state index contributed by atoms with van der Waals surface area (Å²) >= 11 is 0. The summed E-state index contributed by atoms with van der Waals surface area (Å²) < 4.78 is 5.39. The SMILES string of the molecule is CN1CCC[C@H]1COC(=O)Nc1ccccc1-c1cccc(C#N)c1. The molecule has 0 aliphatic carbocycles. The van der Waals surface area contributed by atoms with Crippen LogP contribution in [0.1, 0.15) is 18.4 Å². The van der Waals surface area contributed by atoms with Gasteiger partial charge in [0.05, 0.1) is 17.3 Å². The van der Waals surface area contributed by atoms with E-state index in [4.69, 9.17) is 10.00 Å². The third kappa shape index (κ3) is 4.17. The second kappa shape index (κ2) is 7.82. The first-order valence-electron chi connectivity index (χ1n) is 8.41. The summed E-state index contributed by atoms with van der Waals surface area (Å²) in [5.41, 5.74) is 2.99. The number of carbonyl (C=O) groups is 1. The van der Waals surface area contributed by atoms with Gasteiger partial charge in [-0.25, -0.2) is 4.79 Å². The zero-order chi connectivity index (χ0) is 17.6. The highest BCUT2D eigenvalue weighted by atomic mass is 16.5. The number of nitriles is 1. The molecule has 0 saturated carbocycles. The number of anilines is 1. The quantitative estimate of drug-likeness (QED) is 0.921. The molecular formula is C20H21N3O2. The van der Waals surface area contributed by atoms with Crippen LogP contribution in [0.2, 0.25) is 0 Å². The van der Waals surface area contributed by atoms with E-state index in [1.807, 2.05) is 36.4 Å². The van der Waals surface area contributed by atoms with Crippen molar-refractivity contribution in [2.75, 3.05) is 25.5 Å². The zero-order valence-electron chi connectivity index (χ0n) is 14.2. The smallest absolute Gasteiger partial charge is 0.411 e. The average molecular weight is 335 g/mol. The first kappa shape index (κ1) is 17.0. The number of carbonyl (C=O) groups excluding carboxylic acids is 1. The highest BCUT2D eigenvalue weighted by Gasteiger charge is 2.22. The van der Waals surface area contributed by atoms with Gasteiger partial charge in [0, 0.05) is 11.6 Å². The van der Waals surface area contributed by atoms with Crippen molar-refractivity contribution < 1.29 is 9.53 Å². The molecule has 1 amide bonds. The van der Waals surface area contributed by atoms with Crippen molar-refractivity contribution in [1.29, 1.82) is 5.26 Å². The van der Waals surface area contributed by atoms with Gasteiger partial charge in [0.15, 0.2) is 0 Å². The largest absolute Gasteiger partial charge is 0.448 e. The number of nitrogens with one attached hydrogen (secondary N) is 1. The van der Waals surface area contributed by atoms with E-state index in [-0.39, 0.29) is 0 Å². The Hall–Kier alpha value is -2.84. The van der Waals surface area contributed by atoms with Crippen LogP contribution in [0.4, 0.5) is 10.5 Å². The summed E-state index contributed by atoms with van der Waals surface area (Å²) in [5, 5.41) is 11.9. The Morgan fingerprint density at radius 3 is 2.92 bits per heavy atom. The molecule has 0 aromatic heterocycles. The molecule has 0 unspecified atom stereocenters. The van der Waals surface area contributed by atoms with Crippen LogP contribution in [-0.4, -0.2) is 37.2 Å². The van der Waals surface area contributed by atoms with Crippen LogP contribution in [0, 0.1) is 11.3 Å². The highest BCUT2D eigenvalue weighted by molar-refractivity contribution is 5.91. The van der Waals surface area contributed by atoms with Crippen LogP contribution in [0.15, 0.2) is 48.5 Å². The highest BCUT2D eigenvalue weighted by Crippen LogP contribution is 2.28. The van der Waals surface area contributed by atoms with E-state index < -0.39 is 6.09 Å². The molecule has 1 atom stereocenters. The molecule has 1 saturated heterocycles. The molecular weight excluding hydrogens is 314 g/mol. The lowest BCUT2D eigenvalue weighted by molar-refractivity contribution is 0.127. The Kier molecular flexibility index (Phi) is 5.32. The second-order valence-corrected chi connectivity index (χ2v) is 6.24. The van der Waals surface area contributed by atoms with Crippen LogP contribution < -0.4 is 5.32 Å². The molecule has 1 N–H and O–H groups in total. The third-order valence-electron chi connectivity index (χ3n) is 4.54. The van der Waals surface area contributed by atoms with Gasteiger partial charge >= 0.3 is 6.09 Å². The monoisotopic (exact) mass is 335 g/mol. The van der Waals surface area contributed by atoms with Gasteiger partial charge in [-0.2, -0.15) is 5.26 Å². The maximum atomic E-state index is 12.2.